The Hall–Kier alpha value is -1.66. The summed E-state index contributed by atoms with van der Waals surface area (Å²) < 4.78 is 10.2. The van der Waals surface area contributed by atoms with Gasteiger partial charge in [0.2, 0.25) is 0 Å². The van der Waals surface area contributed by atoms with Gasteiger partial charge in [0.1, 0.15) is 5.69 Å². The number of hydrogen-bond donors (Lipinski definition) is 1. The Kier molecular flexibility index (Phi) is 5.06. The van der Waals surface area contributed by atoms with Crippen molar-refractivity contribution in [3.05, 3.63) is 33.9 Å². The monoisotopic (exact) mass is 254 g/mol. The maximum atomic E-state index is 10.9. The third-order valence-electron chi connectivity index (χ3n) is 2.60. The second-order valence-corrected chi connectivity index (χ2v) is 4.05. The van der Waals surface area contributed by atoms with E-state index < -0.39 is 11.2 Å². The normalized spacial score (nSPS) is 12.5. The van der Waals surface area contributed by atoms with Gasteiger partial charge in [0.15, 0.2) is 6.29 Å². The van der Waals surface area contributed by atoms with Gasteiger partial charge in [-0.3, -0.25) is 10.1 Å². The fourth-order valence-electron chi connectivity index (χ4n) is 1.74. The van der Waals surface area contributed by atoms with Crippen LogP contribution >= 0.6 is 0 Å². The molecule has 1 aromatic carbocycles. The van der Waals surface area contributed by atoms with E-state index in [2.05, 4.69) is 5.32 Å². The Morgan fingerprint density at radius 2 is 1.94 bits per heavy atom. The lowest BCUT2D eigenvalue weighted by molar-refractivity contribution is -0.384. The average Bonchev–Trinajstić information content (AvgIpc) is 2.30. The maximum Gasteiger partial charge on any atom is 0.292 e. The summed E-state index contributed by atoms with van der Waals surface area (Å²) in [5.41, 5.74) is 1.45. The molecule has 0 aliphatic carbocycles. The second-order valence-electron chi connectivity index (χ2n) is 4.05. The minimum Gasteiger partial charge on any atom is -0.372 e. The molecule has 1 unspecified atom stereocenters. The average molecular weight is 254 g/mol. The van der Waals surface area contributed by atoms with E-state index in [-0.39, 0.29) is 11.7 Å². The zero-order valence-electron chi connectivity index (χ0n) is 11.0. The maximum absolute atomic E-state index is 10.9. The number of anilines is 1. The molecule has 0 aliphatic heterocycles. The van der Waals surface area contributed by atoms with E-state index in [4.69, 9.17) is 9.47 Å². The van der Waals surface area contributed by atoms with Crippen LogP contribution in [0.25, 0.3) is 0 Å². The van der Waals surface area contributed by atoms with Gasteiger partial charge in [0.25, 0.3) is 5.69 Å². The molecule has 0 radical (unpaired) electrons. The molecular weight excluding hydrogens is 236 g/mol. The number of aryl methyl sites for hydroxylation is 1. The highest BCUT2D eigenvalue weighted by Gasteiger charge is 2.20. The molecular formula is C12H18N2O4. The molecule has 6 nitrogen and oxygen atoms in total. The summed E-state index contributed by atoms with van der Waals surface area (Å²) in [6.45, 7) is 3.72. The quantitative estimate of drug-likeness (QED) is 0.479. The van der Waals surface area contributed by atoms with Crippen LogP contribution in [-0.2, 0) is 9.47 Å². The van der Waals surface area contributed by atoms with Crippen LogP contribution in [0.15, 0.2) is 18.2 Å². The first kappa shape index (κ1) is 14.4. The van der Waals surface area contributed by atoms with Crippen molar-refractivity contribution in [2.45, 2.75) is 26.2 Å². The number of nitro groups is 1. The largest absolute Gasteiger partial charge is 0.372 e. The summed E-state index contributed by atoms with van der Waals surface area (Å²) >= 11 is 0. The van der Waals surface area contributed by atoms with Crippen molar-refractivity contribution in [2.24, 2.45) is 0 Å². The number of ether oxygens (including phenoxy) is 2. The van der Waals surface area contributed by atoms with Crippen LogP contribution in [0.4, 0.5) is 11.4 Å². The van der Waals surface area contributed by atoms with Gasteiger partial charge in [-0.1, -0.05) is 6.07 Å². The molecule has 1 atom stereocenters. The molecule has 6 heteroatoms. The Morgan fingerprint density at radius 1 is 1.33 bits per heavy atom. The molecule has 0 fully saturated rings. The lowest BCUT2D eigenvalue weighted by Crippen LogP contribution is -2.34. The molecule has 0 spiro atoms. The second kappa shape index (κ2) is 6.32. The van der Waals surface area contributed by atoms with Gasteiger partial charge < -0.3 is 14.8 Å². The van der Waals surface area contributed by atoms with Crippen molar-refractivity contribution >= 4 is 11.4 Å². The number of benzene rings is 1. The van der Waals surface area contributed by atoms with E-state index in [0.29, 0.717) is 5.69 Å². The number of nitrogens with one attached hydrogen (secondary N) is 1. The highest BCUT2D eigenvalue weighted by molar-refractivity contribution is 5.63. The molecule has 0 saturated heterocycles. The number of rotatable bonds is 6. The van der Waals surface area contributed by atoms with Crippen molar-refractivity contribution in [3.63, 3.8) is 0 Å². The van der Waals surface area contributed by atoms with Crippen molar-refractivity contribution < 1.29 is 14.4 Å². The summed E-state index contributed by atoms with van der Waals surface area (Å²) in [4.78, 5) is 10.5. The topological polar surface area (TPSA) is 73.6 Å². The number of hydrogen-bond acceptors (Lipinski definition) is 5. The first-order valence-corrected chi connectivity index (χ1v) is 5.56. The molecule has 1 aromatic rings. The Balaban J connectivity index is 2.95. The predicted molar refractivity (Wildman–Crippen MR) is 68.7 cm³/mol. The molecule has 18 heavy (non-hydrogen) atoms. The van der Waals surface area contributed by atoms with Crippen LogP contribution in [0, 0.1) is 17.0 Å². The highest BCUT2D eigenvalue weighted by atomic mass is 16.7. The van der Waals surface area contributed by atoms with Crippen molar-refractivity contribution in [1.29, 1.82) is 0 Å². The minimum atomic E-state index is -0.467. The standard InChI is InChI=1S/C12H18N2O4/c1-8-5-6-11(14(15)16)10(7-8)13-9(2)12(17-3)18-4/h5-7,9,12-13H,1-4H3. The fraction of sp³-hybridized carbons (Fsp3) is 0.500. The molecule has 0 amide bonds. The van der Waals surface area contributed by atoms with Crippen LogP contribution in [0.2, 0.25) is 0 Å². The molecule has 1 N–H and O–H groups in total. The van der Waals surface area contributed by atoms with Crippen molar-refractivity contribution in [2.75, 3.05) is 19.5 Å². The zero-order chi connectivity index (χ0) is 13.7. The van der Waals surface area contributed by atoms with Crippen LogP contribution in [0.3, 0.4) is 0 Å². The van der Waals surface area contributed by atoms with E-state index in [1.54, 1.807) is 12.1 Å². The van der Waals surface area contributed by atoms with E-state index in [9.17, 15) is 10.1 Å². The third-order valence-corrected chi connectivity index (χ3v) is 2.60. The molecule has 0 aliphatic rings. The van der Waals surface area contributed by atoms with Gasteiger partial charge in [-0.2, -0.15) is 0 Å². The number of nitrogens with zero attached hydrogens (tertiary/aromatic N) is 1. The number of methoxy groups -OCH3 is 2. The van der Waals surface area contributed by atoms with Crippen molar-refractivity contribution in [1.82, 2.24) is 0 Å². The highest BCUT2D eigenvalue weighted by Crippen LogP contribution is 2.26. The van der Waals surface area contributed by atoms with Crippen LogP contribution in [0.5, 0.6) is 0 Å². The van der Waals surface area contributed by atoms with Gasteiger partial charge in [-0.15, -0.1) is 0 Å². The van der Waals surface area contributed by atoms with Crippen molar-refractivity contribution in [3.8, 4) is 0 Å². The predicted octanol–water partition coefficient (Wildman–Crippen LogP) is 2.32. The summed E-state index contributed by atoms with van der Waals surface area (Å²) in [6, 6.07) is 4.72. The zero-order valence-corrected chi connectivity index (χ0v) is 11.0. The molecule has 100 valence electrons. The summed E-state index contributed by atoms with van der Waals surface area (Å²) in [5.74, 6) is 0. The van der Waals surface area contributed by atoms with Gasteiger partial charge in [-0.25, -0.2) is 0 Å². The third kappa shape index (κ3) is 3.41. The molecule has 1 rings (SSSR count). The lowest BCUT2D eigenvalue weighted by atomic mass is 10.1. The van der Waals surface area contributed by atoms with Gasteiger partial charge >= 0.3 is 0 Å². The first-order chi connectivity index (χ1) is 8.49. The van der Waals surface area contributed by atoms with Crippen LogP contribution < -0.4 is 5.32 Å². The SMILES string of the molecule is COC(OC)C(C)Nc1cc(C)ccc1[N+](=O)[O-]. The Morgan fingerprint density at radius 3 is 2.44 bits per heavy atom. The van der Waals surface area contributed by atoms with E-state index >= 15 is 0 Å². The summed E-state index contributed by atoms with van der Waals surface area (Å²) in [6.07, 6.45) is -0.467. The minimum absolute atomic E-state index is 0.0402. The van der Waals surface area contributed by atoms with E-state index in [0.717, 1.165) is 5.56 Å². The molecule has 0 bridgehead atoms. The molecule has 0 heterocycles. The molecule has 0 saturated carbocycles. The Bertz CT molecular complexity index is 419. The fourth-order valence-corrected chi connectivity index (χ4v) is 1.74. The van der Waals surface area contributed by atoms with Crippen LogP contribution in [0.1, 0.15) is 12.5 Å². The summed E-state index contributed by atoms with van der Waals surface area (Å²) in [5, 5.41) is 14.0. The summed E-state index contributed by atoms with van der Waals surface area (Å²) in [7, 11) is 3.05. The Labute approximate surface area is 106 Å². The smallest absolute Gasteiger partial charge is 0.292 e. The van der Waals surface area contributed by atoms with E-state index in [1.807, 2.05) is 13.8 Å². The van der Waals surface area contributed by atoms with Gasteiger partial charge in [-0.05, 0) is 25.5 Å². The van der Waals surface area contributed by atoms with Gasteiger partial charge in [0.05, 0.1) is 11.0 Å². The first-order valence-electron chi connectivity index (χ1n) is 5.56. The van der Waals surface area contributed by atoms with Crippen LogP contribution in [-0.4, -0.2) is 31.5 Å². The lowest BCUT2D eigenvalue weighted by Gasteiger charge is -2.23. The van der Waals surface area contributed by atoms with Gasteiger partial charge in [0, 0.05) is 20.3 Å². The molecule has 0 aromatic heterocycles. The van der Waals surface area contributed by atoms with E-state index in [1.165, 1.54) is 20.3 Å². The number of nitro benzene ring substituents is 1.